The van der Waals surface area contributed by atoms with Gasteiger partial charge in [-0.15, -0.1) is 0 Å². The largest absolute Gasteiger partial charge is 0.280 e. The van der Waals surface area contributed by atoms with Gasteiger partial charge < -0.3 is 0 Å². The molecule has 0 saturated carbocycles. The Morgan fingerprint density at radius 2 is 1.39 bits per heavy atom. The van der Waals surface area contributed by atoms with Crippen molar-refractivity contribution >= 4 is 21.8 Å². The SMILES string of the molecule is O=S(=O)(/C=C/c1ccccc1)Nc1ccccc1. The fraction of sp³-hybridized carbons (Fsp3) is 0. The third-order valence-corrected chi connectivity index (χ3v) is 3.29. The van der Waals surface area contributed by atoms with Crippen LogP contribution in [0.25, 0.3) is 6.08 Å². The van der Waals surface area contributed by atoms with Crippen LogP contribution in [0.3, 0.4) is 0 Å². The highest BCUT2D eigenvalue weighted by molar-refractivity contribution is 7.95. The highest BCUT2D eigenvalue weighted by Crippen LogP contribution is 2.10. The van der Waals surface area contributed by atoms with E-state index in [9.17, 15) is 8.42 Å². The predicted molar refractivity (Wildman–Crippen MR) is 74.5 cm³/mol. The van der Waals surface area contributed by atoms with Crippen molar-refractivity contribution in [3.05, 3.63) is 71.6 Å². The molecule has 0 fully saturated rings. The molecule has 0 aliphatic heterocycles. The molecule has 0 spiro atoms. The number of sulfonamides is 1. The summed E-state index contributed by atoms with van der Waals surface area (Å²) < 4.78 is 26.0. The van der Waals surface area contributed by atoms with Gasteiger partial charge >= 0.3 is 0 Å². The molecule has 0 aliphatic carbocycles. The zero-order chi connectivity index (χ0) is 12.8. The van der Waals surface area contributed by atoms with Crippen molar-refractivity contribution in [1.29, 1.82) is 0 Å². The third-order valence-electron chi connectivity index (χ3n) is 2.27. The summed E-state index contributed by atoms with van der Waals surface area (Å²) in [6.45, 7) is 0. The van der Waals surface area contributed by atoms with E-state index >= 15 is 0 Å². The maximum absolute atomic E-state index is 11.8. The van der Waals surface area contributed by atoms with Crippen LogP contribution in [0.5, 0.6) is 0 Å². The Balaban J connectivity index is 2.11. The highest BCUT2D eigenvalue weighted by atomic mass is 32.2. The Kier molecular flexibility index (Phi) is 3.79. The maximum Gasteiger partial charge on any atom is 0.255 e. The number of hydrogen-bond acceptors (Lipinski definition) is 2. The molecule has 0 heterocycles. The van der Waals surface area contributed by atoms with Gasteiger partial charge in [0.15, 0.2) is 0 Å². The summed E-state index contributed by atoms with van der Waals surface area (Å²) in [6, 6.07) is 18.1. The maximum atomic E-state index is 11.8. The topological polar surface area (TPSA) is 46.2 Å². The quantitative estimate of drug-likeness (QED) is 0.917. The summed E-state index contributed by atoms with van der Waals surface area (Å²) in [5.41, 5.74) is 1.39. The number of hydrogen-bond donors (Lipinski definition) is 1. The Morgan fingerprint density at radius 3 is 2.00 bits per heavy atom. The van der Waals surface area contributed by atoms with Gasteiger partial charge in [0.05, 0.1) is 5.41 Å². The zero-order valence-corrected chi connectivity index (χ0v) is 10.5. The molecule has 0 saturated heterocycles. The van der Waals surface area contributed by atoms with Crippen molar-refractivity contribution in [1.82, 2.24) is 0 Å². The molecule has 0 amide bonds. The van der Waals surface area contributed by atoms with Crippen LogP contribution >= 0.6 is 0 Å². The van der Waals surface area contributed by atoms with Crippen molar-refractivity contribution in [2.75, 3.05) is 4.72 Å². The van der Waals surface area contributed by atoms with E-state index < -0.39 is 10.0 Å². The molecular formula is C14H13NO2S. The first-order chi connectivity index (χ1) is 8.66. The van der Waals surface area contributed by atoms with Gasteiger partial charge in [-0.3, -0.25) is 4.72 Å². The summed E-state index contributed by atoms with van der Waals surface area (Å²) in [5.74, 6) is 0. The lowest BCUT2D eigenvalue weighted by Gasteiger charge is -2.03. The van der Waals surface area contributed by atoms with Gasteiger partial charge in [0.1, 0.15) is 0 Å². The van der Waals surface area contributed by atoms with E-state index in [0.29, 0.717) is 5.69 Å². The van der Waals surface area contributed by atoms with E-state index in [1.165, 1.54) is 0 Å². The molecule has 1 N–H and O–H groups in total. The summed E-state index contributed by atoms with van der Waals surface area (Å²) in [6.07, 6.45) is 1.56. The minimum absolute atomic E-state index is 0.551. The van der Waals surface area contributed by atoms with Crippen molar-refractivity contribution in [2.24, 2.45) is 0 Å². The van der Waals surface area contributed by atoms with Crippen LogP contribution in [0.1, 0.15) is 5.56 Å². The van der Waals surface area contributed by atoms with E-state index in [1.54, 1.807) is 30.3 Å². The van der Waals surface area contributed by atoms with Crippen LogP contribution in [-0.4, -0.2) is 8.42 Å². The zero-order valence-electron chi connectivity index (χ0n) is 9.65. The molecule has 2 aromatic carbocycles. The predicted octanol–water partition coefficient (Wildman–Crippen LogP) is 3.10. The average molecular weight is 259 g/mol. The lowest BCUT2D eigenvalue weighted by Crippen LogP contribution is -2.08. The Hall–Kier alpha value is -2.07. The van der Waals surface area contributed by atoms with Gasteiger partial charge in [0.2, 0.25) is 0 Å². The summed E-state index contributed by atoms with van der Waals surface area (Å²) in [4.78, 5) is 0. The van der Waals surface area contributed by atoms with Crippen molar-refractivity contribution < 1.29 is 8.42 Å². The molecular weight excluding hydrogens is 246 g/mol. The molecule has 0 atom stereocenters. The molecule has 2 aromatic rings. The Bertz CT molecular complexity index is 619. The van der Waals surface area contributed by atoms with Crippen LogP contribution in [-0.2, 0) is 10.0 Å². The molecule has 2 rings (SSSR count). The first-order valence-corrected chi connectivity index (χ1v) is 7.01. The highest BCUT2D eigenvalue weighted by Gasteiger charge is 2.04. The standard InChI is InChI=1S/C14H13NO2S/c16-18(17,15-14-9-5-2-6-10-14)12-11-13-7-3-1-4-8-13/h1-12,15H/b12-11+. The van der Waals surface area contributed by atoms with E-state index in [0.717, 1.165) is 11.0 Å². The monoisotopic (exact) mass is 259 g/mol. The summed E-state index contributed by atoms with van der Waals surface area (Å²) in [7, 11) is -3.46. The lowest BCUT2D eigenvalue weighted by atomic mass is 10.2. The van der Waals surface area contributed by atoms with Gasteiger partial charge in [-0.2, -0.15) is 0 Å². The van der Waals surface area contributed by atoms with Gasteiger partial charge in [0, 0.05) is 5.69 Å². The Labute approximate surface area is 107 Å². The number of anilines is 1. The molecule has 4 heteroatoms. The van der Waals surface area contributed by atoms with Gasteiger partial charge in [-0.1, -0.05) is 48.5 Å². The Morgan fingerprint density at radius 1 is 0.833 bits per heavy atom. The van der Waals surface area contributed by atoms with Crippen molar-refractivity contribution in [3.63, 3.8) is 0 Å². The molecule has 0 aromatic heterocycles. The van der Waals surface area contributed by atoms with Crippen LogP contribution in [0.4, 0.5) is 5.69 Å². The number of benzene rings is 2. The molecule has 92 valence electrons. The minimum atomic E-state index is -3.46. The van der Waals surface area contributed by atoms with E-state index in [-0.39, 0.29) is 0 Å². The van der Waals surface area contributed by atoms with Gasteiger partial charge in [-0.05, 0) is 23.8 Å². The van der Waals surface area contributed by atoms with E-state index in [2.05, 4.69) is 4.72 Å². The molecule has 18 heavy (non-hydrogen) atoms. The molecule has 0 aliphatic rings. The van der Waals surface area contributed by atoms with Gasteiger partial charge in [-0.25, -0.2) is 8.42 Å². The van der Waals surface area contributed by atoms with Crippen molar-refractivity contribution in [3.8, 4) is 0 Å². The smallest absolute Gasteiger partial charge is 0.255 e. The minimum Gasteiger partial charge on any atom is -0.280 e. The number of nitrogens with one attached hydrogen (secondary N) is 1. The molecule has 3 nitrogen and oxygen atoms in total. The first-order valence-electron chi connectivity index (χ1n) is 5.47. The van der Waals surface area contributed by atoms with E-state index in [1.807, 2.05) is 36.4 Å². The number of para-hydroxylation sites is 1. The van der Waals surface area contributed by atoms with Crippen molar-refractivity contribution in [2.45, 2.75) is 0 Å². The van der Waals surface area contributed by atoms with E-state index in [4.69, 9.17) is 0 Å². The summed E-state index contributed by atoms with van der Waals surface area (Å²) in [5, 5.41) is 1.16. The number of rotatable bonds is 4. The summed E-state index contributed by atoms with van der Waals surface area (Å²) >= 11 is 0. The second kappa shape index (κ2) is 5.51. The van der Waals surface area contributed by atoms with Crippen LogP contribution in [0, 0.1) is 0 Å². The second-order valence-electron chi connectivity index (χ2n) is 3.73. The molecule has 0 radical (unpaired) electrons. The van der Waals surface area contributed by atoms with Gasteiger partial charge in [0.25, 0.3) is 10.0 Å². The first kappa shape index (κ1) is 12.4. The third kappa shape index (κ3) is 3.75. The lowest BCUT2D eigenvalue weighted by molar-refractivity contribution is 0.609. The second-order valence-corrected chi connectivity index (χ2v) is 5.29. The molecule has 0 bridgehead atoms. The fourth-order valence-corrected chi connectivity index (χ4v) is 2.31. The average Bonchev–Trinajstić information content (AvgIpc) is 2.38. The van der Waals surface area contributed by atoms with Crippen LogP contribution in [0.15, 0.2) is 66.1 Å². The fourth-order valence-electron chi connectivity index (χ4n) is 1.44. The normalized spacial score (nSPS) is 11.6. The van der Waals surface area contributed by atoms with Crippen LogP contribution in [0.2, 0.25) is 0 Å². The van der Waals surface area contributed by atoms with Crippen LogP contribution < -0.4 is 4.72 Å². The molecule has 0 unspecified atom stereocenters.